The second kappa shape index (κ2) is 8.00. The van der Waals surface area contributed by atoms with E-state index in [1.165, 1.54) is 0 Å². The molecule has 1 aromatic carbocycles. The Morgan fingerprint density at radius 3 is 2.52 bits per heavy atom. The molecule has 1 heterocycles. The minimum Gasteiger partial charge on any atom is -0.368 e. The molecule has 6 heteroatoms. The zero-order valence-corrected chi connectivity index (χ0v) is 12.7. The Morgan fingerprint density at radius 1 is 1.24 bits per heavy atom. The lowest BCUT2D eigenvalue weighted by Crippen LogP contribution is -2.50. The lowest BCUT2D eigenvalue weighted by Gasteiger charge is -2.34. The SMILES string of the molecule is Cl.NC(=O)C1CCCCN1C(=O)CC(N)c1ccccc1. The van der Waals surface area contributed by atoms with Gasteiger partial charge in [-0.3, -0.25) is 9.59 Å². The first-order valence-corrected chi connectivity index (χ1v) is 6.99. The molecule has 1 aliphatic rings. The Hall–Kier alpha value is -1.59. The summed E-state index contributed by atoms with van der Waals surface area (Å²) in [6.07, 6.45) is 2.70. The van der Waals surface area contributed by atoms with E-state index in [-0.39, 0.29) is 30.8 Å². The number of likely N-dealkylation sites (tertiary alicyclic amines) is 1. The molecule has 0 radical (unpaired) electrons. The van der Waals surface area contributed by atoms with E-state index in [0.717, 1.165) is 18.4 Å². The molecule has 21 heavy (non-hydrogen) atoms. The molecule has 0 bridgehead atoms. The summed E-state index contributed by atoms with van der Waals surface area (Å²) in [4.78, 5) is 25.3. The van der Waals surface area contributed by atoms with E-state index in [1.807, 2.05) is 30.3 Å². The van der Waals surface area contributed by atoms with Crippen molar-refractivity contribution in [1.82, 2.24) is 4.90 Å². The fourth-order valence-electron chi connectivity index (χ4n) is 2.65. The van der Waals surface area contributed by atoms with E-state index in [9.17, 15) is 9.59 Å². The van der Waals surface area contributed by atoms with Gasteiger partial charge in [-0.25, -0.2) is 0 Å². The number of carbonyl (C=O) groups is 2. The highest BCUT2D eigenvalue weighted by atomic mass is 35.5. The molecule has 1 aromatic rings. The lowest BCUT2D eigenvalue weighted by atomic mass is 9.99. The van der Waals surface area contributed by atoms with Crippen LogP contribution in [0, 0.1) is 0 Å². The van der Waals surface area contributed by atoms with Crippen molar-refractivity contribution in [2.24, 2.45) is 11.5 Å². The highest BCUT2D eigenvalue weighted by Gasteiger charge is 2.31. The molecular weight excluding hydrogens is 290 g/mol. The fourth-order valence-corrected chi connectivity index (χ4v) is 2.65. The Labute approximate surface area is 131 Å². The third-order valence-electron chi connectivity index (χ3n) is 3.77. The molecular formula is C15H22ClN3O2. The van der Waals surface area contributed by atoms with Gasteiger partial charge in [0.25, 0.3) is 0 Å². The molecule has 0 aliphatic carbocycles. The Bertz CT molecular complexity index is 481. The van der Waals surface area contributed by atoms with Crippen LogP contribution in [0.2, 0.25) is 0 Å². The zero-order valence-electron chi connectivity index (χ0n) is 11.9. The van der Waals surface area contributed by atoms with Crippen LogP contribution in [0.5, 0.6) is 0 Å². The summed E-state index contributed by atoms with van der Waals surface area (Å²) in [5.41, 5.74) is 12.4. The maximum absolute atomic E-state index is 12.3. The van der Waals surface area contributed by atoms with Crippen LogP contribution in [0.1, 0.15) is 37.3 Å². The number of piperidine rings is 1. The maximum atomic E-state index is 12.3. The Morgan fingerprint density at radius 2 is 1.90 bits per heavy atom. The van der Waals surface area contributed by atoms with E-state index in [1.54, 1.807) is 4.90 Å². The summed E-state index contributed by atoms with van der Waals surface area (Å²) in [6.45, 7) is 0.591. The van der Waals surface area contributed by atoms with Gasteiger partial charge >= 0.3 is 0 Å². The van der Waals surface area contributed by atoms with Crippen LogP contribution in [0.3, 0.4) is 0 Å². The molecule has 116 valence electrons. The van der Waals surface area contributed by atoms with Crippen LogP contribution < -0.4 is 11.5 Å². The first kappa shape index (κ1) is 17.5. The number of amides is 2. The topological polar surface area (TPSA) is 89.4 Å². The quantitative estimate of drug-likeness (QED) is 0.880. The van der Waals surface area contributed by atoms with E-state index in [0.29, 0.717) is 13.0 Å². The van der Waals surface area contributed by atoms with Crippen molar-refractivity contribution in [2.45, 2.75) is 37.8 Å². The molecule has 2 atom stereocenters. The summed E-state index contributed by atoms with van der Waals surface area (Å²) in [7, 11) is 0. The highest BCUT2D eigenvalue weighted by molar-refractivity contribution is 5.87. The van der Waals surface area contributed by atoms with Crippen molar-refractivity contribution in [3.05, 3.63) is 35.9 Å². The molecule has 1 saturated heterocycles. The van der Waals surface area contributed by atoms with Crippen molar-refractivity contribution in [2.75, 3.05) is 6.54 Å². The number of benzene rings is 1. The third-order valence-corrected chi connectivity index (χ3v) is 3.77. The highest BCUT2D eigenvalue weighted by Crippen LogP contribution is 2.21. The van der Waals surface area contributed by atoms with Crippen LogP contribution in [0.4, 0.5) is 0 Å². The number of hydrogen-bond acceptors (Lipinski definition) is 3. The maximum Gasteiger partial charge on any atom is 0.240 e. The fraction of sp³-hybridized carbons (Fsp3) is 0.467. The molecule has 0 spiro atoms. The van der Waals surface area contributed by atoms with Gasteiger partial charge in [0.1, 0.15) is 6.04 Å². The second-order valence-electron chi connectivity index (χ2n) is 5.22. The van der Waals surface area contributed by atoms with Gasteiger partial charge in [0.2, 0.25) is 11.8 Å². The second-order valence-corrected chi connectivity index (χ2v) is 5.22. The predicted molar refractivity (Wildman–Crippen MR) is 83.8 cm³/mol. The van der Waals surface area contributed by atoms with Gasteiger partial charge in [-0.15, -0.1) is 12.4 Å². The predicted octanol–water partition coefficient (Wildman–Crippen LogP) is 1.36. The monoisotopic (exact) mass is 311 g/mol. The van der Waals surface area contributed by atoms with Crippen molar-refractivity contribution in [3.63, 3.8) is 0 Å². The van der Waals surface area contributed by atoms with Crippen molar-refractivity contribution < 1.29 is 9.59 Å². The molecule has 2 unspecified atom stereocenters. The zero-order chi connectivity index (χ0) is 14.5. The number of carbonyl (C=O) groups excluding carboxylic acids is 2. The van der Waals surface area contributed by atoms with E-state index in [4.69, 9.17) is 11.5 Å². The largest absolute Gasteiger partial charge is 0.368 e. The summed E-state index contributed by atoms with van der Waals surface area (Å²) in [5.74, 6) is -0.517. The number of primary amides is 1. The number of nitrogens with two attached hydrogens (primary N) is 2. The minimum absolute atomic E-state index is 0. The van der Waals surface area contributed by atoms with Crippen molar-refractivity contribution in [1.29, 1.82) is 0 Å². The minimum atomic E-state index is -0.473. The van der Waals surface area contributed by atoms with Crippen LogP contribution in [0.15, 0.2) is 30.3 Å². The van der Waals surface area contributed by atoms with Gasteiger partial charge in [-0.05, 0) is 24.8 Å². The smallest absolute Gasteiger partial charge is 0.240 e. The molecule has 4 N–H and O–H groups in total. The number of hydrogen-bond donors (Lipinski definition) is 2. The lowest BCUT2D eigenvalue weighted by molar-refractivity contribution is -0.141. The van der Waals surface area contributed by atoms with Gasteiger partial charge in [0.05, 0.1) is 0 Å². The standard InChI is InChI=1S/C15H21N3O2.ClH/c16-12(11-6-2-1-3-7-11)10-14(19)18-9-5-4-8-13(18)15(17)20;/h1-3,6-7,12-13H,4-5,8-10,16H2,(H2,17,20);1H. The van der Waals surface area contributed by atoms with Gasteiger partial charge in [0, 0.05) is 19.0 Å². The average Bonchev–Trinajstić information content (AvgIpc) is 2.48. The van der Waals surface area contributed by atoms with E-state index >= 15 is 0 Å². The first-order valence-electron chi connectivity index (χ1n) is 6.99. The van der Waals surface area contributed by atoms with Crippen LogP contribution in [-0.4, -0.2) is 29.3 Å². The first-order chi connectivity index (χ1) is 9.59. The average molecular weight is 312 g/mol. The van der Waals surface area contributed by atoms with Gasteiger partial charge < -0.3 is 16.4 Å². The van der Waals surface area contributed by atoms with Gasteiger partial charge in [0.15, 0.2) is 0 Å². The molecule has 5 nitrogen and oxygen atoms in total. The van der Waals surface area contributed by atoms with Gasteiger partial charge in [-0.2, -0.15) is 0 Å². The Kier molecular flexibility index (Phi) is 6.65. The van der Waals surface area contributed by atoms with Crippen LogP contribution >= 0.6 is 12.4 Å². The van der Waals surface area contributed by atoms with Crippen molar-refractivity contribution >= 4 is 24.2 Å². The van der Waals surface area contributed by atoms with E-state index in [2.05, 4.69) is 0 Å². The summed E-state index contributed by atoms with van der Waals surface area (Å²) < 4.78 is 0. The molecule has 1 aliphatic heterocycles. The Balaban J connectivity index is 0.00000220. The van der Waals surface area contributed by atoms with E-state index < -0.39 is 11.9 Å². The normalized spacial score (nSPS) is 19.5. The number of halogens is 1. The third kappa shape index (κ3) is 4.44. The summed E-state index contributed by atoms with van der Waals surface area (Å²) in [5, 5.41) is 0. The molecule has 1 fully saturated rings. The summed E-state index contributed by atoms with van der Waals surface area (Å²) >= 11 is 0. The summed E-state index contributed by atoms with van der Waals surface area (Å²) in [6, 6.07) is 8.68. The number of rotatable bonds is 4. The number of nitrogens with zero attached hydrogens (tertiary/aromatic N) is 1. The molecule has 0 aromatic heterocycles. The van der Waals surface area contributed by atoms with Gasteiger partial charge in [-0.1, -0.05) is 30.3 Å². The molecule has 2 amide bonds. The van der Waals surface area contributed by atoms with Crippen LogP contribution in [-0.2, 0) is 9.59 Å². The molecule has 2 rings (SSSR count). The van der Waals surface area contributed by atoms with Crippen molar-refractivity contribution in [3.8, 4) is 0 Å². The van der Waals surface area contributed by atoms with Crippen LogP contribution in [0.25, 0.3) is 0 Å². The molecule has 0 saturated carbocycles.